The molecule has 0 amide bonds. The minimum atomic E-state index is -0.726. The van der Waals surface area contributed by atoms with Gasteiger partial charge in [0.15, 0.2) is 0 Å². The third-order valence-electron chi connectivity index (χ3n) is 3.99. The van der Waals surface area contributed by atoms with Gasteiger partial charge in [0.25, 0.3) is 5.56 Å². The highest BCUT2D eigenvalue weighted by atomic mass is 19.1. The summed E-state index contributed by atoms with van der Waals surface area (Å²) in [4.78, 5) is 23.7. The average molecular weight is 335 g/mol. The molecule has 130 valence electrons. The fourth-order valence-corrected chi connectivity index (χ4v) is 2.53. The molecular weight excluding hydrogens is 313 g/mol. The molecule has 2 N–H and O–H groups in total. The van der Waals surface area contributed by atoms with E-state index in [0.29, 0.717) is 17.5 Å². The fourth-order valence-electron chi connectivity index (χ4n) is 2.53. The van der Waals surface area contributed by atoms with Crippen LogP contribution in [0.4, 0.5) is 4.39 Å². The second-order valence-corrected chi connectivity index (χ2v) is 6.00. The highest BCUT2D eigenvalue weighted by molar-refractivity contribution is 5.18. The van der Waals surface area contributed by atoms with Crippen molar-refractivity contribution in [2.24, 2.45) is 14.1 Å². The molecule has 0 saturated heterocycles. The van der Waals surface area contributed by atoms with Gasteiger partial charge in [-0.25, -0.2) is 9.18 Å². The number of hydrogen-bond acceptors (Lipinski definition) is 4. The van der Waals surface area contributed by atoms with Gasteiger partial charge in [-0.05, 0) is 31.0 Å². The van der Waals surface area contributed by atoms with E-state index in [1.165, 1.54) is 29.9 Å². The molecule has 24 heavy (non-hydrogen) atoms. The van der Waals surface area contributed by atoms with Crippen molar-refractivity contribution in [3.63, 3.8) is 0 Å². The number of rotatable bonds is 6. The molecule has 0 fully saturated rings. The van der Waals surface area contributed by atoms with Crippen LogP contribution >= 0.6 is 0 Å². The smallest absolute Gasteiger partial charge is 0.330 e. The van der Waals surface area contributed by atoms with Gasteiger partial charge >= 0.3 is 5.69 Å². The zero-order chi connectivity index (χ0) is 17.9. The molecule has 7 heteroatoms. The Balaban J connectivity index is 1.98. The first kappa shape index (κ1) is 18.1. The van der Waals surface area contributed by atoms with E-state index in [2.05, 4.69) is 5.32 Å². The quantitative estimate of drug-likeness (QED) is 0.820. The number of aliphatic hydroxyl groups excluding tert-OH is 1. The van der Waals surface area contributed by atoms with Gasteiger partial charge in [-0.15, -0.1) is 0 Å². The Hall–Kier alpha value is -2.25. The summed E-state index contributed by atoms with van der Waals surface area (Å²) < 4.78 is 15.3. The summed E-state index contributed by atoms with van der Waals surface area (Å²) in [5.41, 5.74) is 0.409. The third-order valence-corrected chi connectivity index (χ3v) is 3.99. The maximum Gasteiger partial charge on any atom is 0.330 e. The minimum Gasteiger partial charge on any atom is -0.388 e. The molecule has 2 rings (SSSR count). The third kappa shape index (κ3) is 4.18. The molecule has 2 unspecified atom stereocenters. The molecular formula is C17H22FN3O3. The molecule has 2 aromatic rings. The Bertz CT molecular complexity index is 811. The molecule has 1 heterocycles. The molecule has 0 radical (unpaired) electrons. The first-order valence-electron chi connectivity index (χ1n) is 7.72. The number of nitrogens with one attached hydrogen (secondary N) is 1. The van der Waals surface area contributed by atoms with Gasteiger partial charge < -0.3 is 15.0 Å². The molecule has 6 nitrogen and oxygen atoms in total. The van der Waals surface area contributed by atoms with E-state index in [4.69, 9.17) is 0 Å². The van der Waals surface area contributed by atoms with E-state index in [9.17, 15) is 19.1 Å². The molecule has 1 aromatic carbocycles. The van der Waals surface area contributed by atoms with Crippen LogP contribution in [0, 0.1) is 5.82 Å². The van der Waals surface area contributed by atoms with Crippen molar-refractivity contribution in [2.75, 3.05) is 0 Å². The van der Waals surface area contributed by atoms with Gasteiger partial charge in [0.1, 0.15) is 5.82 Å². The van der Waals surface area contributed by atoms with Gasteiger partial charge in [-0.2, -0.15) is 0 Å². The van der Waals surface area contributed by atoms with Crippen molar-refractivity contribution in [3.8, 4) is 0 Å². The summed E-state index contributed by atoms with van der Waals surface area (Å²) in [6.45, 7) is 2.18. The van der Waals surface area contributed by atoms with Crippen molar-refractivity contribution in [2.45, 2.75) is 32.0 Å². The minimum absolute atomic E-state index is 0.0769. The number of aryl methyl sites for hydroxylation is 1. The lowest BCUT2D eigenvalue weighted by molar-refractivity contribution is 0.153. The lowest BCUT2D eigenvalue weighted by atomic mass is 10.0. The highest BCUT2D eigenvalue weighted by Crippen LogP contribution is 2.18. The van der Waals surface area contributed by atoms with E-state index in [1.54, 1.807) is 19.2 Å². The van der Waals surface area contributed by atoms with Crippen molar-refractivity contribution in [3.05, 3.63) is 68.2 Å². The van der Waals surface area contributed by atoms with Crippen LogP contribution < -0.4 is 16.6 Å². The first-order valence-corrected chi connectivity index (χ1v) is 7.72. The number of nitrogens with zero attached hydrogens (tertiary/aromatic N) is 2. The Morgan fingerprint density at radius 3 is 2.46 bits per heavy atom. The predicted octanol–water partition coefficient (Wildman–Crippen LogP) is 0.825. The van der Waals surface area contributed by atoms with Crippen LogP contribution in [-0.4, -0.2) is 20.3 Å². The van der Waals surface area contributed by atoms with Gasteiger partial charge in [-0.1, -0.05) is 12.1 Å². The van der Waals surface area contributed by atoms with Crippen LogP contribution in [0.1, 0.15) is 30.6 Å². The summed E-state index contributed by atoms with van der Waals surface area (Å²) in [7, 11) is 3.03. The monoisotopic (exact) mass is 335 g/mol. The standard InChI is InChI=1S/C17H22FN3O3/c1-11(8-15(22)12-4-6-14(18)7-5-12)19-9-13-10-20(2)17(24)21(3)16(13)23/h4-7,10-11,15,19,22H,8-9H2,1-3H3. The number of aromatic nitrogens is 2. The second-order valence-electron chi connectivity index (χ2n) is 6.00. The van der Waals surface area contributed by atoms with E-state index in [0.717, 1.165) is 4.57 Å². The Labute approximate surface area is 139 Å². The van der Waals surface area contributed by atoms with Crippen LogP contribution in [0.25, 0.3) is 0 Å². The Morgan fingerprint density at radius 2 is 1.83 bits per heavy atom. The SMILES string of the molecule is CC(CC(O)c1ccc(F)cc1)NCc1cn(C)c(=O)n(C)c1=O. The van der Waals surface area contributed by atoms with Gasteiger partial charge in [0, 0.05) is 38.4 Å². The number of halogens is 1. The highest BCUT2D eigenvalue weighted by Gasteiger charge is 2.14. The molecule has 0 saturated carbocycles. The first-order chi connectivity index (χ1) is 11.3. The normalized spacial score (nSPS) is 13.7. The van der Waals surface area contributed by atoms with Gasteiger partial charge in [-0.3, -0.25) is 9.36 Å². The van der Waals surface area contributed by atoms with E-state index >= 15 is 0 Å². The largest absolute Gasteiger partial charge is 0.388 e. The van der Waals surface area contributed by atoms with Crippen LogP contribution in [0.3, 0.4) is 0 Å². The van der Waals surface area contributed by atoms with Crippen molar-refractivity contribution in [1.82, 2.24) is 14.5 Å². The lowest BCUT2D eigenvalue weighted by Gasteiger charge is -2.18. The van der Waals surface area contributed by atoms with Crippen molar-refractivity contribution in [1.29, 1.82) is 0 Å². The zero-order valence-electron chi connectivity index (χ0n) is 14.0. The van der Waals surface area contributed by atoms with Crippen LogP contribution in [-0.2, 0) is 20.6 Å². The van der Waals surface area contributed by atoms with E-state index in [-0.39, 0.29) is 29.7 Å². The summed E-state index contributed by atoms with van der Waals surface area (Å²) in [6, 6.07) is 5.65. The van der Waals surface area contributed by atoms with Crippen molar-refractivity contribution < 1.29 is 9.50 Å². The maximum atomic E-state index is 12.9. The second kappa shape index (κ2) is 7.55. The topological polar surface area (TPSA) is 76.3 Å². The van der Waals surface area contributed by atoms with Crippen LogP contribution in [0.2, 0.25) is 0 Å². The molecule has 0 bridgehead atoms. The zero-order valence-corrected chi connectivity index (χ0v) is 14.0. The molecule has 1 aromatic heterocycles. The van der Waals surface area contributed by atoms with Crippen LogP contribution in [0.15, 0.2) is 40.1 Å². The van der Waals surface area contributed by atoms with Crippen LogP contribution in [0.5, 0.6) is 0 Å². The summed E-state index contributed by atoms with van der Waals surface area (Å²) in [6.07, 6.45) is 1.20. The van der Waals surface area contributed by atoms with Gasteiger partial charge in [0.05, 0.1) is 6.10 Å². The number of benzene rings is 1. The van der Waals surface area contributed by atoms with Gasteiger partial charge in [0.2, 0.25) is 0 Å². The number of hydrogen-bond donors (Lipinski definition) is 2. The molecule has 0 aliphatic heterocycles. The molecule has 2 atom stereocenters. The predicted molar refractivity (Wildman–Crippen MR) is 89.2 cm³/mol. The summed E-state index contributed by atoms with van der Waals surface area (Å²) >= 11 is 0. The van der Waals surface area contributed by atoms with E-state index < -0.39 is 6.10 Å². The summed E-state index contributed by atoms with van der Waals surface area (Å²) in [5.74, 6) is -0.345. The molecule has 0 aliphatic carbocycles. The van der Waals surface area contributed by atoms with E-state index in [1.807, 2.05) is 6.92 Å². The molecule has 0 spiro atoms. The van der Waals surface area contributed by atoms with Crippen molar-refractivity contribution >= 4 is 0 Å². The Kier molecular flexibility index (Phi) is 5.69. The molecule has 0 aliphatic rings. The summed E-state index contributed by atoms with van der Waals surface area (Å²) in [5, 5.41) is 13.3. The lowest BCUT2D eigenvalue weighted by Crippen LogP contribution is -2.40. The fraction of sp³-hybridized carbons (Fsp3) is 0.412. The maximum absolute atomic E-state index is 12.9. The Morgan fingerprint density at radius 1 is 1.21 bits per heavy atom. The average Bonchev–Trinajstić information content (AvgIpc) is 2.55. The number of aliphatic hydroxyl groups is 1.